The lowest BCUT2D eigenvalue weighted by Crippen LogP contribution is -2.31. The van der Waals surface area contributed by atoms with E-state index in [0.29, 0.717) is 23.5 Å². The topological polar surface area (TPSA) is 69.0 Å². The minimum absolute atomic E-state index is 0.00974. The standard InChI is InChI=1S/C16H13F3N4O2/c17-16(18,19)25-10-6-4-9(5-7-10)14-13-11(2-1-3-12(13)24)22-15-20-8-21-23(14)15/h4-8,14H,1-3H2,(H,20,21,22). The molecule has 130 valence electrons. The summed E-state index contributed by atoms with van der Waals surface area (Å²) in [4.78, 5) is 16.6. The van der Waals surface area contributed by atoms with E-state index in [1.165, 1.54) is 30.6 Å². The Labute approximate surface area is 140 Å². The van der Waals surface area contributed by atoms with Crippen LogP contribution in [-0.4, -0.2) is 26.9 Å². The summed E-state index contributed by atoms with van der Waals surface area (Å²) in [6.45, 7) is 0. The molecule has 2 aromatic rings. The van der Waals surface area contributed by atoms with Crippen LogP contribution >= 0.6 is 0 Å². The number of rotatable bonds is 2. The van der Waals surface area contributed by atoms with Crippen LogP contribution in [0.1, 0.15) is 30.9 Å². The molecule has 4 rings (SSSR count). The fourth-order valence-corrected chi connectivity index (χ4v) is 3.26. The van der Waals surface area contributed by atoms with Gasteiger partial charge in [-0.1, -0.05) is 12.1 Å². The van der Waals surface area contributed by atoms with Crippen molar-refractivity contribution in [3.05, 3.63) is 47.4 Å². The molecule has 1 aromatic carbocycles. The Balaban J connectivity index is 1.75. The fraction of sp³-hybridized carbons (Fsp3) is 0.312. The maximum Gasteiger partial charge on any atom is 0.573 e. The first-order valence-corrected chi connectivity index (χ1v) is 7.71. The third kappa shape index (κ3) is 2.86. The second kappa shape index (κ2) is 5.61. The van der Waals surface area contributed by atoms with Crippen LogP contribution in [0.3, 0.4) is 0 Å². The summed E-state index contributed by atoms with van der Waals surface area (Å²) in [6.07, 6.45) is -1.45. The zero-order chi connectivity index (χ0) is 17.6. The normalized spacial score (nSPS) is 20.0. The van der Waals surface area contributed by atoms with Crippen molar-refractivity contribution in [3.8, 4) is 5.75 Å². The number of halogens is 3. The first kappa shape index (κ1) is 15.7. The number of aromatic nitrogens is 3. The van der Waals surface area contributed by atoms with Crippen molar-refractivity contribution >= 4 is 11.7 Å². The quantitative estimate of drug-likeness (QED) is 0.901. The molecule has 1 N–H and O–H groups in total. The first-order valence-electron chi connectivity index (χ1n) is 7.71. The molecule has 0 saturated heterocycles. The minimum Gasteiger partial charge on any atom is -0.406 e. The van der Waals surface area contributed by atoms with Gasteiger partial charge in [0.05, 0.1) is 0 Å². The molecule has 9 heteroatoms. The number of hydrogen-bond acceptors (Lipinski definition) is 5. The number of carbonyl (C=O) groups is 1. The highest BCUT2D eigenvalue weighted by Gasteiger charge is 2.36. The minimum atomic E-state index is -4.75. The number of hydrogen-bond donors (Lipinski definition) is 1. The van der Waals surface area contributed by atoms with E-state index in [1.807, 2.05) is 0 Å². The highest BCUT2D eigenvalue weighted by Crippen LogP contribution is 2.39. The van der Waals surface area contributed by atoms with E-state index < -0.39 is 12.4 Å². The molecule has 0 bridgehead atoms. The Bertz CT molecular complexity index is 855. The Hall–Kier alpha value is -2.84. The summed E-state index contributed by atoms with van der Waals surface area (Å²) in [5.41, 5.74) is 2.04. The number of benzene rings is 1. The Morgan fingerprint density at radius 2 is 1.96 bits per heavy atom. The van der Waals surface area contributed by atoms with E-state index in [4.69, 9.17) is 0 Å². The molecule has 0 amide bonds. The summed E-state index contributed by atoms with van der Waals surface area (Å²) in [5, 5.41) is 7.29. The number of allylic oxidation sites excluding steroid dienone is 2. The number of ether oxygens (including phenoxy) is 1. The molecule has 0 spiro atoms. The molecular weight excluding hydrogens is 337 g/mol. The highest BCUT2D eigenvalue weighted by molar-refractivity contribution is 5.99. The van der Waals surface area contributed by atoms with E-state index >= 15 is 0 Å². The van der Waals surface area contributed by atoms with Crippen molar-refractivity contribution in [3.63, 3.8) is 0 Å². The lowest BCUT2D eigenvalue weighted by molar-refractivity contribution is -0.274. The summed E-state index contributed by atoms with van der Waals surface area (Å²) >= 11 is 0. The number of nitrogens with zero attached hydrogens (tertiary/aromatic N) is 3. The summed E-state index contributed by atoms with van der Waals surface area (Å²) in [7, 11) is 0. The van der Waals surface area contributed by atoms with Crippen molar-refractivity contribution in [1.82, 2.24) is 14.8 Å². The molecule has 1 atom stereocenters. The summed E-state index contributed by atoms with van der Waals surface area (Å²) in [5.74, 6) is 0.206. The maximum atomic E-state index is 12.5. The van der Waals surface area contributed by atoms with Gasteiger partial charge in [0.1, 0.15) is 18.1 Å². The SMILES string of the molecule is O=C1CCCC2=C1C(c1ccc(OC(F)(F)F)cc1)n1ncnc1N2. The van der Waals surface area contributed by atoms with Gasteiger partial charge in [-0.25, -0.2) is 4.68 Å². The third-order valence-electron chi connectivity index (χ3n) is 4.24. The Morgan fingerprint density at radius 1 is 1.20 bits per heavy atom. The fourth-order valence-electron chi connectivity index (χ4n) is 3.26. The molecular formula is C16H13F3N4O2. The van der Waals surface area contributed by atoms with Gasteiger partial charge in [0.2, 0.25) is 5.95 Å². The van der Waals surface area contributed by atoms with E-state index in [2.05, 4.69) is 20.1 Å². The predicted molar refractivity (Wildman–Crippen MR) is 80.8 cm³/mol. The van der Waals surface area contributed by atoms with Crippen molar-refractivity contribution in [2.75, 3.05) is 5.32 Å². The van der Waals surface area contributed by atoms with Gasteiger partial charge in [-0.3, -0.25) is 4.79 Å². The predicted octanol–water partition coefficient (Wildman–Crippen LogP) is 3.20. The number of anilines is 1. The van der Waals surface area contributed by atoms with Gasteiger partial charge in [-0.05, 0) is 30.5 Å². The van der Waals surface area contributed by atoms with Crippen molar-refractivity contribution < 1.29 is 22.7 Å². The molecule has 25 heavy (non-hydrogen) atoms. The van der Waals surface area contributed by atoms with E-state index in [0.717, 1.165) is 18.5 Å². The van der Waals surface area contributed by atoms with Crippen LogP contribution in [0.2, 0.25) is 0 Å². The number of fused-ring (bicyclic) bond motifs is 1. The summed E-state index contributed by atoms with van der Waals surface area (Å²) in [6, 6.07) is 4.97. The van der Waals surface area contributed by atoms with Gasteiger partial charge in [0, 0.05) is 17.7 Å². The molecule has 2 heterocycles. The number of nitrogens with one attached hydrogen (secondary N) is 1. The Morgan fingerprint density at radius 3 is 2.68 bits per heavy atom. The number of alkyl halides is 3. The smallest absolute Gasteiger partial charge is 0.406 e. The molecule has 2 aliphatic rings. The third-order valence-corrected chi connectivity index (χ3v) is 4.24. The molecule has 6 nitrogen and oxygen atoms in total. The second-order valence-corrected chi connectivity index (χ2v) is 5.84. The number of carbonyl (C=O) groups excluding carboxylic acids is 1. The molecule has 1 aliphatic carbocycles. The average molecular weight is 350 g/mol. The van der Waals surface area contributed by atoms with Crippen LogP contribution in [0.4, 0.5) is 19.1 Å². The second-order valence-electron chi connectivity index (χ2n) is 5.84. The van der Waals surface area contributed by atoms with Gasteiger partial charge in [-0.2, -0.15) is 10.1 Å². The lowest BCUT2D eigenvalue weighted by Gasteiger charge is -2.32. The average Bonchev–Trinajstić information content (AvgIpc) is 3.00. The first-order chi connectivity index (χ1) is 11.9. The van der Waals surface area contributed by atoms with Crippen LogP contribution < -0.4 is 10.1 Å². The maximum absolute atomic E-state index is 12.5. The van der Waals surface area contributed by atoms with Crippen molar-refractivity contribution in [1.29, 1.82) is 0 Å². The van der Waals surface area contributed by atoms with Gasteiger partial charge in [0.15, 0.2) is 5.78 Å². The van der Waals surface area contributed by atoms with Gasteiger partial charge < -0.3 is 10.1 Å². The van der Waals surface area contributed by atoms with E-state index in [9.17, 15) is 18.0 Å². The number of Topliss-reactive ketones (excluding diaryl/α,β-unsaturated/α-hetero) is 1. The van der Waals surface area contributed by atoms with Crippen LogP contribution in [0.25, 0.3) is 0 Å². The molecule has 1 aromatic heterocycles. The van der Waals surface area contributed by atoms with Crippen LogP contribution in [0, 0.1) is 0 Å². The molecule has 0 fully saturated rings. The van der Waals surface area contributed by atoms with Gasteiger partial charge >= 0.3 is 6.36 Å². The summed E-state index contributed by atoms with van der Waals surface area (Å²) < 4.78 is 42.4. The monoisotopic (exact) mass is 350 g/mol. The van der Waals surface area contributed by atoms with Gasteiger partial charge in [-0.15, -0.1) is 13.2 Å². The molecule has 1 aliphatic heterocycles. The van der Waals surface area contributed by atoms with E-state index in [1.54, 1.807) is 4.68 Å². The molecule has 1 unspecified atom stereocenters. The molecule has 0 radical (unpaired) electrons. The zero-order valence-corrected chi connectivity index (χ0v) is 12.9. The Kier molecular flexibility index (Phi) is 3.52. The van der Waals surface area contributed by atoms with Gasteiger partial charge in [0.25, 0.3) is 0 Å². The lowest BCUT2D eigenvalue weighted by atomic mass is 9.85. The van der Waals surface area contributed by atoms with Crippen molar-refractivity contribution in [2.45, 2.75) is 31.7 Å². The molecule has 0 saturated carbocycles. The van der Waals surface area contributed by atoms with Crippen LogP contribution in [-0.2, 0) is 4.79 Å². The highest BCUT2D eigenvalue weighted by atomic mass is 19.4. The zero-order valence-electron chi connectivity index (χ0n) is 12.9. The van der Waals surface area contributed by atoms with Crippen LogP contribution in [0.15, 0.2) is 41.9 Å². The van der Waals surface area contributed by atoms with Crippen molar-refractivity contribution in [2.24, 2.45) is 0 Å². The van der Waals surface area contributed by atoms with E-state index in [-0.39, 0.29) is 11.5 Å². The van der Waals surface area contributed by atoms with Crippen LogP contribution in [0.5, 0.6) is 5.75 Å². The largest absolute Gasteiger partial charge is 0.573 e. The number of ketones is 1.